The molecule has 1 fully saturated rings. The molecule has 1 saturated heterocycles. The first-order valence-corrected chi connectivity index (χ1v) is 10.3. The summed E-state index contributed by atoms with van der Waals surface area (Å²) in [5, 5.41) is 3.42. The van der Waals surface area contributed by atoms with Gasteiger partial charge in [-0.2, -0.15) is 4.98 Å². The van der Waals surface area contributed by atoms with E-state index in [4.69, 9.17) is 0 Å². The van der Waals surface area contributed by atoms with Gasteiger partial charge in [0, 0.05) is 31.4 Å². The van der Waals surface area contributed by atoms with Gasteiger partial charge in [-0.3, -0.25) is 4.72 Å². The number of hydrogen-bond acceptors (Lipinski definition) is 6. The summed E-state index contributed by atoms with van der Waals surface area (Å²) in [7, 11) is -3.95. The van der Waals surface area contributed by atoms with Crippen LogP contribution in [0.25, 0.3) is 0 Å². The highest BCUT2D eigenvalue weighted by atomic mass is 79.9. The van der Waals surface area contributed by atoms with E-state index in [1.165, 1.54) is 24.4 Å². The van der Waals surface area contributed by atoms with Crippen LogP contribution in [0.1, 0.15) is 13.8 Å². The fraction of sp³-hybridized carbons (Fsp3) is 0.375. The summed E-state index contributed by atoms with van der Waals surface area (Å²) in [6.07, 6.45) is 1.50. The molecule has 2 atom stereocenters. The summed E-state index contributed by atoms with van der Waals surface area (Å²) < 4.78 is 41.2. The number of hydrogen-bond donors (Lipinski definition) is 2. The highest BCUT2D eigenvalue weighted by molar-refractivity contribution is 9.10. The summed E-state index contributed by atoms with van der Waals surface area (Å²) in [6, 6.07) is 5.62. The molecule has 7 nitrogen and oxygen atoms in total. The molecule has 0 spiro atoms. The van der Waals surface area contributed by atoms with Crippen molar-refractivity contribution in [2.75, 3.05) is 22.7 Å². The van der Waals surface area contributed by atoms with Gasteiger partial charge in [0.2, 0.25) is 5.95 Å². The number of rotatable bonds is 4. The van der Waals surface area contributed by atoms with Gasteiger partial charge in [-0.15, -0.1) is 0 Å². The summed E-state index contributed by atoms with van der Waals surface area (Å²) in [5.41, 5.74) is 0. The van der Waals surface area contributed by atoms with E-state index in [-0.39, 0.29) is 27.3 Å². The summed E-state index contributed by atoms with van der Waals surface area (Å²) in [6.45, 7) is 5.57. The van der Waals surface area contributed by atoms with Crippen LogP contribution in [-0.2, 0) is 10.0 Å². The molecule has 0 aliphatic carbocycles. The van der Waals surface area contributed by atoms with E-state index in [2.05, 4.69) is 49.8 Å². The van der Waals surface area contributed by atoms with Crippen LogP contribution >= 0.6 is 15.9 Å². The molecule has 1 aliphatic heterocycles. The molecule has 0 amide bonds. The number of benzene rings is 1. The predicted octanol–water partition coefficient (Wildman–Crippen LogP) is 2.37. The number of nitrogens with zero attached hydrogens (tertiary/aromatic N) is 3. The Labute approximate surface area is 160 Å². The molecule has 1 aromatic heterocycles. The van der Waals surface area contributed by atoms with Gasteiger partial charge in [0.1, 0.15) is 11.6 Å². The number of nitrogens with one attached hydrogen (secondary N) is 2. The van der Waals surface area contributed by atoms with Gasteiger partial charge < -0.3 is 10.2 Å². The van der Waals surface area contributed by atoms with Crippen LogP contribution in [0, 0.1) is 5.82 Å². The molecule has 0 saturated carbocycles. The number of piperazine rings is 1. The third-order valence-electron chi connectivity index (χ3n) is 3.92. The Bertz CT molecular complexity index is 901. The first kappa shape index (κ1) is 19.0. The number of halogens is 2. The molecule has 1 aromatic carbocycles. The van der Waals surface area contributed by atoms with Gasteiger partial charge in [-0.05, 0) is 54.0 Å². The maximum atomic E-state index is 13.7. The van der Waals surface area contributed by atoms with Crippen LogP contribution < -0.4 is 14.9 Å². The second kappa shape index (κ2) is 7.45. The second-order valence-electron chi connectivity index (χ2n) is 6.30. The van der Waals surface area contributed by atoms with E-state index in [0.717, 1.165) is 19.2 Å². The SMILES string of the molecule is C[C@@H]1CN(c2nccc(NS(=O)(=O)c3ccc(Br)c(F)c3)n2)C[C@H](C)N1. The molecule has 0 unspecified atom stereocenters. The van der Waals surface area contributed by atoms with Crippen molar-refractivity contribution >= 4 is 37.7 Å². The minimum atomic E-state index is -3.95. The molecule has 140 valence electrons. The van der Waals surface area contributed by atoms with Crippen molar-refractivity contribution < 1.29 is 12.8 Å². The quantitative estimate of drug-likeness (QED) is 0.753. The number of aromatic nitrogens is 2. The zero-order valence-corrected chi connectivity index (χ0v) is 16.7. The minimum absolute atomic E-state index is 0.136. The van der Waals surface area contributed by atoms with Crippen molar-refractivity contribution in [1.29, 1.82) is 0 Å². The average Bonchev–Trinajstić information content (AvgIpc) is 2.56. The average molecular weight is 444 g/mol. The van der Waals surface area contributed by atoms with Crippen molar-refractivity contribution in [2.24, 2.45) is 0 Å². The normalized spacial score (nSPS) is 20.8. The first-order valence-electron chi connectivity index (χ1n) is 8.06. The summed E-state index contributed by atoms with van der Waals surface area (Å²) >= 11 is 3.00. The summed E-state index contributed by atoms with van der Waals surface area (Å²) in [5.74, 6) is -0.0652. The smallest absolute Gasteiger partial charge is 0.263 e. The molecule has 26 heavy (non-hydrogen) atoms. The lowest BCUT2D eigenvalue weighted by atomic mass is 10.1. The van der Waals surface area contributed by atoms with Crippen LogP contribution in [0.2, 0.25) is 0 Å². The fourth-order valence-corrected chi connectivity index (χ4v) is 4.15. The van der Waals surface area contributed by atoms with Crippen molar-refractivity contribution in [3.8, 4) is 0 Å². The fourth-order valence-electron chi connectivity index (χ4n) is 2.89. The van der Waals surface area contributed by atoms with Gasteiger partial charge in [0.25, 0.3) is 10.0 Å². The molecule has 2 aromatic rings. The van der Waals surface area contributed by atoms with Crippen molar-refractivity contribution in [3.05, 3.63) is 40.8 Å². The molecule has 10 heteroatoms. The van der Waals surface area contributed by atoms with Gasteiger partial charge in [0.15, 0.2) is 0 Å². The second-order valence-corrected chi connectivity index (χ2v) is 8.83. The molecule has 0 bridgehead atoms. The molecule has 3 rings (SSSR count). The predicted molar refractivity (Wildman–Crippen MR) is 101 cm³/mol. The Morgan fingerprint density at radius 1 is 1.27 bits per heavy atom. The van der Waals surface area contributed by atoms with Crippen LogP contribution in [0.15, 0.2) is 39.8 Å². The van der Waals surface area contributed by atoms with E-state index in [1.54, 1.807) is 0 Å². The molecular weight excluding hydrogens is 425 g/mol. The molecular formula is C16H19BrFN5O2S. The topological polar surface area (TPSA) is 87.2 Å². The Morgan fingerprint density at radius 3 is 2.62 bits per heavy atom. The van der Waals surface area contributed by atoms with E-state index in [0.29, 0.717) is 5.95 Å². The van der Waals surface area contributed by atoms with Crippen LogP contribution in [-0.4, -0.2) is 43.6 Å². The van der Waals surface area contributed by atoms with E-state index in [1.807, 2.05) is 4.90 Å². The maximum Gasteiger partial charge on any atom is 0.263 e. The molecule has 0 radical (unpaired) electrons. The summed E-state index contributed by atoms with van der Waals surface area (Å²) in [4.78, 5) is 10.4. The highest BCUT2D eigenvalue weighted by Crippen LogP contribution is 2.22. The Morgan fingerprint density at radius 2 is 1.96 bits per heavy atom. The van der Waals surface area contributed by atoms with Crippen LogP contribution in [0.5, 0.6) is 0 Å². The third kappa shape index (κ3) is 4.30. The van der Waals surface area contributed by atoms with Crippen molar-refractivity contribution in [1.82, 2.24) is 15.3 Å². The van der Waals surface area contributed by atoms with Crippen LogP contribution in [0.4, 0.5) is 16.2 Å². The Kier molecular flexibility index (Phi) is 5.44. The highest BCUT2D eigenvalue weighted by Gasteiger charge is 2.23. The minimum Gasteiger partial charge on any atom is -0.338 e. The number of anilines is 2. The van der Waals surface area contributed by atoms with E-state index >= 15 is 0 Å². The number of sulfonamides is 1. The lowest BCUT2D eigenvalue weighted by Gasteiger charge is -2.36. The van der Waals surface area contributed by atoms with Crippen molar-refractivity contribution in [2.45, 2.75) is 30.8 Å². The van der Waals surface area contributed by atoms with Gasteiger partial charge in [0.05, 0.1) is 9.37 Å². The lowest BCUT2D eigenvalue weighted by Crippen LogP contribution is -2.54. The third-order valence-corrected chi connectivity index (χ3v) is 5.92. The van der Waals surface area contributed by atoms with E-state index in [9.17, 15) is 12.8 Å². The monoisotopic (exact) mass is 443 g/mol. The zero-order chi connectivity index (χ0) is 18.9. The Balaban J connectivity index is 1.83. The largest absolute Gasteiger partial charge is 0.338 e. The molecule has 2 heterocycles. The lowest BCUT2D eigenvalue weighted by molar-refractivity contribution is 0.403. The van der Waals surface area contributed by atoms with Crippen LogP contribution in [0.3, 0.4) is 0 Å². The standard InChI is InChI=1S/C16H19BrFN5O2S/c1-10-8-23(9-11(2)20-10)16-19-6-5-15(21-16)22-26(24,25)12-3-4-13(17)14(18)7-12/h3-7,10-11,20H,8-9H2,1-2H3,(H,19,21,22)/t10-,11+. The van der Waals surface area contributed by atoms with Gasteiger partial charge in [-0.25, -0.2) is 17.8 Å². The van der Waals surface area contributed by atoms with Crippen molar-refractivity contribution in [3.63, 3.8) is 0 Å². The van der Waals surface area contributed by atoms with E-state index < -0.39 is 15.8 Å². The van der Waals surface area contributed by atoms with Gasteiger partial charge in [-0.1, -0.05) is 0 Å². The Hall–Kier alpha value is -1.78. The molecule has 1 aliphatic rings. The maximum absolute atomic E-state index is 13.7. The first-order chi connectivity index (χ1) is 12.2. The zero-order valence-electron chi connectivity index (χ0n) is 14.3. The molecule has 2 N–H and O–H groups in total. The van der Waals surface area contributed by atoms with Gasteiger partial charge >= 0.3 is 0 Å².